The Morgan fingerprint density at radius 3 is 2.52 bits per heavy atom. The van der Waals surface area contributed by atoms with Crippen molar-refractivity contribution in [2.75, 3.05) is 26.2 Å². The molecule has 0 unspecified atom stereocenters. The van der Waals surface area contributed by atoms with E-state index in [1.807, 2.05) is 19.9 Å². The van der Waals surface area contributed by atoms with E-state index < -0.39 is 15.1 Å². The molecule has 1 aromatic rings. The Morgan fingerprint density at radius 2 is 1.91 bits per heavy atom. The topological polar surface area (TPSA) is 55.8 Å². The molecule has 0 spiro atoms. The Kier molecular flexibility index (Phi) is 6.06. The molecule has 0 atom stereocenters. The van der Waals surface area contributed by atoms with E-state index in [0.29, 0.717) is 10.6 Å². The molecule has 2 rings (SSSR count). The number of hydrogen-bond donors (Lipinski definition) is 0. The van der Waals surface area contributed by atoms with Gasteiger partial charge in [-0.3, -0.25) is 4.90 Å². The second-order valence-electron chi connectivity index (χ2n) is 6.49. The van der Waals surface area contributed by atoms with Gasteiger partial charge in [-0.2, -0.15) is 0 Å². The van der Waals surface area contributed by atoms with Crippen molar-refractivity contribution >= 4 is 9.84 Å². The summed E-state index contributed by atoms with van der Waals surface area (Å²) in [4.78, 5) is 2.59. The van der Waals surface area contributed by atoms with Crippen LogP contribution in [0.25, 0.3) is 0 Å². The monoisotopic (exact) mass is 341 g/mol. The summed E-state index contributed by atoms with van der Waals surface area (Å²) in [6.45, 7) is 10.8. The minimum absolute atomic E-state index is 0.117. The molecule has 0 aliphatic carbocycles. The number of rotatable bonds is 8. The van der Waals surface area contributed by atoms with Crippen LogP contribution in [0.15, 0.2) is 29.2 Å². The number of sulfone groups is 1. The Labute approximate surface area is 139 Å². The first kappa shape index (κ1) is 18.2. The van der Waals surface area contributed by atoms with Gasteiger partial charge in [-0.05, 0) is 45.9 Å². The van der Waals surface area contributed by atoms with Gasteiger partial charge in [0.2, 0.25) is 0 Å². The molecule has 6 heteroatoms. The lowest BCUT2D eigenvalue weighted by Gasteiger charge is -2.39. The smallest absolute Gasteiger partial charge is 0.180 e. The predicted molar refractivity (Wildman–Crippen MR) is 90.7 cm³/mol. The standard InChI is InChI=1S/C17H27NO4S/c1-13(2)21-9-8-18-11-16(12-18)22-15-6-5-7-17(10-15)23(19,20)14(3)4/h5-7,10,13-14,16H,8-9,11-12H2,1-4H3. The molecule has 23 heavy (non-hydrogen) atoms. The van der Waals surface area contributed by atoms with Gasteiger partial charge in [-0.25, -0.2) is 8.42 Å². The molecule has 1 aromatic carbocycles. The fraction of sp³-hybridized carbons (Fsp3) is 0.647. The van der Waals surface area contributed by atoms with E-state index in [4.69, 9.17) is 9.47 Å². The first-order valence-corrected chi connectivity index (χ1v) is 9.68. The molecule has 1 saturated heterocycles. The lowest BCUT2D eigenvalue weighted by atomic mass is 10.1. The number of ether oxygens (including phenoxy) is 2. The van der Waals surface area contributed by atoms with E-state index in [-0.39, 0.29) is 12.2 Å². The Hall–Kier alpha value is -1.11. The highest BCUT2D eigenvalue weighted by Crippen LogP contribution is 2.23. The average Bonchev–Trinajstić information content (AvgIpc) is 2.44. The van der Waals surface area contributed by atoms with Crippen molar-refractivity contribution in [3.8, 4) is 5.75 Å². The first-order chi connectivity index (χ1) is 10.8. The molecule has 1 fully saturated rings. The summed E-state index contributed by atoms with van der Waals surface area (Å²) in [6.07, 6.45) is 0.375. The number of likely N-dealkylation sites (tertiary alicyclic amines) is 1. The summed E-state index contributed by atoms with van der Waals surface area (Å²) in [5.74, 6) is 0.620. The van der Waals surface area contributed by atoms with Gasteiger partial charge in [-0.1, -0.05) is 6.07 Å². The zero-order chi connectivity index (χ0) is 17.0. The highest BCUT2D eigenvalue weighted by atomic mass is 32.2. The highest BCUT2D eigenvalue weighted by Gasteiger charge is 2.28. The van der Waals surface area contributed by atoms with Gasteiger partial charge < -0.3 is 9.47 Å². The number of nitrogens with zero attached hydrogens (tertiary/aromatic N) is 1. The molecule has 0 radical (unpaired) electrons. The minimum Gasteiger partial charge on any atom is -0.488 e. The molecule has 1 aliphatic heterocycles. The van der Waals surface area contributed by atoms with Crippen LogP contribution in [0.5, 0.6) is 5.75 Å². The summed E-state index contributed by atoms with van der Waals surface area (Å²) in [7, 11) is -3.26. The Morgan fingerprint density at radius 1 is 1.22 bits per heavy atom. The van der Waals surface area contributed by atoms with E-state index in [1.54, 1.807) is 32.0 Å². The fourth-order valence-electron chi connectivity index (χ4n) is 2.39. The third kappa shape index (κ3) is 4.93. The third-order valence-corrected chi connectivity index (χ3v) is 5.99. The predicted octanol–water partition coefficient (Wildman–Crippen LogP) is 2.36. The minimum atomic E-state index is -3.26. The van der Waals surface area contributed by atoms with Gasteiger partial charge in [0.15, 0.2) is 9.84 Å². The maximum absolute atomic E-state index is 12.2. The van der Waals surface area contributed by atoms with E-state index in [1.165, 1.54) is 0 Å². The van der Waals surface area contributed by atoms with E-state index in [9.17, 15) is 8.42 Å². The number of hydrogen-bond acceptors (Lipinski definition) is 5. The van der Waals surface area contributed by atoms with Gasteiger partial charge >= 0.3 is 0 Å². The van der Waals surface area contributed by atoms with Gasteiger partial charge in [0.25, 0.3) is 0 Å². The molecule has 130 valence electrons. The van der Waals surface area contributed by atoms with Crippen LogP contribution < -0.4 is 4.74 Å². The molecule has 0 saturated carbocycles. The van der Waals surface area contributed by atoms with Gasteiger partial charge in [-0.15, -0.1) is 0 Å². The summed E-state index contributed by atoms with van der Waals surface area (Å²) in [6, 6.07) is 6.79. The zero-order valence-corrected chi connectivity index (χ0v) is 15.2. The third-order valence-electron chi connectivity index (χ3n) is 3.84. The molecule has 0 amide bonds. The maximum atomic E-state index is 12.2. The van der Waals surface area contributed by atoms with Gasteiger partial charge in [0.05, 0.1) is 22.9 Å². The molecular formula is C17H27NO4S. The molecule has 0 bridgehead atoms. The van der Waals surface area contributed by atoms with Crippen molar-refractivity contribution in [1.29, 1.82) is 0 Å². The first-order valence-electron chi connectivity index (χ1n) is 8.13. The normalized spacial score (nSPS) is 16.8. The van der Waals surface area contributed by atoms with Crippen molar-refractivity contribution < 1.29 is 17.9 Å². The van der Waals surface area contributed by atoms with Gasteiger partial charge in [0, 0.05) is 19.6 Å². The lowest BCUT2D eigenvalue weighted by Crippen LogP contribution is -2.54. The second-order valence-corrected chi connectivity index (χ2v) is 8.99. The Bertz CT molecular complexity index is 607. The van der Waals surface area contributed by atoms with Crippen LogP contribution in [0.3, 0.4) is 0 Å². The lowest BCUT2D eigenvalue weighted by molar-refractivity contribution is -0.0102. The van der Waals surface area contributed by atoms with E-state index >= 15 is 0 Å². The van der Waals surface area contributed by atoms with Crippen LogP contribution in [0, 0.1) is 0 Å². The van der Waals surface area contributed by atoms with Crippen LogP contribution in [0.2, 0.25) is 0 Å². The molecule has 0 N–H and O–H groups in total. The summed E-state index contributed by atoms with van der Waals surface area (Å²) < 4.78 is 35.8. The van der Waals surface area contributed by atoms with E-state index in [2.05, 4.69) is 4.90 Å². The average molecular weight is 341 g/mol. The summed E-state index contributed by atoms with van der Waals surface area (Å²) in [5, 5.41) is -0.432. The largest absolute Gasteiger partial charge is 0.488 e. The van der Waals surface area contributed by atoms with E-state index in [0.717, 1.165) is 26.2 Å². The van der Waals surface area contributed by atoms with Crippen LogP contribution in [0.1, 0.15) is 27.7 Å². The van der Waals surface area contributed by atoms with Crippen LogP contribution in [0.4, 0.5) is 0 Å². The SMILES string of the molecule is CC(C)OCCN1CC(Oc2cccc(S(=O)(=O)C(C)C)c2)C1. The van der Waals surface area contributed by atoms with Crippen LogP contribution in [-0.2, 0) is 14.6 Å². The van der Waals surface area contributed by atoms with Crippen LogP contribution >= 0.6 is 0 Å². The molecule has 1 heterocycles. The zero-order valence-electron chi connectivity index (χ0n) is 14.4. The molecule has 1 aliphatic rings. The van der Waals surface area contributed by atoms with Crippen LogP contribution in [-0.4, -0.2) is 57.0 Å². The number of benzene rings is 1. The van der Waals surface area contributed by atoms with Crippen molar-refractivity contribution in [2.45, 2.75) is 50.0 Å². The molecule has 0 aromatic heterocycles. The summed E-state index contributed by atoms with van der Waals surface area (Å²) >= 11 is 0. The van der Waals surface area contributed by atoms with Crippen molar-refractivity contribution in [2.24, 2.45) is 0 Å². The van der Waals surface area contributed by atoms with Crippen molar-refractivity contribution in [1.82, 2.24) is 4.90 Å². The molecule has 5 nitrogen and oxygen atoms in total. The van der Waals surface area contributed by atoms with Crippen molar-refractivity contribution in [3.63, 3.8) is 0 Å². The quantitative estimate of drug-likeness (QED) is 0.726. The highest BCUT2D eigenvalue weighted by molar-refractivity contribution is 7.92. The second kappa shape index (κ2) is 7.64. The van der Waals surface area contributed by atoms with Crippen molar-refractivity contribution in [3.05, 3.63) is 24.3 Å². The Balaban J connectivity index is 1.84. The van der Waals surface area contributed by atoms with Gasteiger partial charge in [0.1, 0.15) is 11.9 Å². The summed E-state index contributed by atoms with van der Waals surface area (Å²) in [5.41, 5.74) is 0. The molecular weight excluding hydrogens is 314 g/mol. The maximum Gasteiger partial charge on any atom is 0.180 e. The fourth-order valence-corrected chi connectivity index (χ4v) is 3.48.